The quantitative estimate of drug-likeness (QED) is 0.794. The van der Waals surface area contributed by atoms with Gasteiger partial charge in [0.25, 0.3) is 5.91 Å². The normalized spacial score (nSPS) is 15.4. The molecule has 1 fully saturated rings. The molecule has 6 nitrogen and oxygen atoms in total. The molecule has 1 aromatic heterocycles. The molecule has 1 aromatic carbocycles. The second-order valence-corrected chi connectivity index (χ2v) is 6.82. The summed E-state index contributed by atoms with van der Waals surface area (Å²) in [5.41, 5.74) is 3.69. The molecule has 0 N–H and O–H groups in total. The van der Waals surface area contributed by atoms with E-state index in [4.69, 9.17) is 4.74 Å². The molecule has 3 rings (SSSR count). The van der Waals surface area contributed by atoms with Crippen LogP contribution < -0.4 is 0 Å². The van der Waals surface area contributed by atoms with Gasteiger partial charge in [0.15, 0.2) is 0 Å². The monoisotopic (exact) mass is 356 g/mol. The first kappa shape index (κ1) is 18.6. The fourth-order valence-corrected chi connectivity index (χ4v) is 3.47. The van der Waals surface area contributed by atoms with Crippen LogP contribution >= 0.6 is 0 Å². The van der Waals surface area contributed by atoms with Crippen LogP contribution in [0.1, 0.15) is 27.3 Å². The van der Waals surface area contributed by atoms with Gasteiger partial charge < -0.3 is 9.64 Å². The Bertz CT molecular complexity index is 734. The third-order valence-corrected chi connectivity index (χ3v) is 5.04. The van der Waals surface area contributed by atoms with Gasteiger partial charge in [-0.15, -0.1) is 0 Å². The first-order valence-electron chi connectivity index (χ1n) is 9.18. The van der Waals surface area contributed by atoms with E-state index >= 15 is 0 Å². The molecule has 6 heteroatoms. The lowest BCUT2D eigenvalue weighted by atomic mass is 10.1. The lowest BCUT2D eigenvalue weighted by molar-refractivity contribution is 0.0593. The molecule has 26 heavy (non-hydrogen) atoms. The van der Waals surface area contributed by atoms with Crippen LogP contribution in [0.4, 0.5) is 0 Å². The minimum atomic E-state index is 0.103. The maximum Gasteiger partial charge on any atom is 0.257 e. The third kappa shape index (κ3) is 4.14. The average molecular weight is 356 g/mol. The Morgan fingerprint density at radius 2 is 1.81 bits per heavy atom. The van der Waals surface area contributed by atoms with Crippen LogP contribution in [-0.4, -0.2) is 71.9 Å². The van der Waals surface area contributed by atoms with E-state index in [9.17, 15) is 4.79 Å². The maximum absolute atomic E-state index is 13.1. The predicted molar refractivity (Wildman–Crippen MR) is 101 cm³/mol. The van der Waals surface area contributed by atoms with E-state index in [1.165, 1.54) is 5.56 Å². The van der Waals surface area contributed by atoms with E-state index in [0.717, 1.165) is 56.3 Å². The minimum absolute atomic E-state index is 0.103. The lowest BCUT2D eigenvalue weighted by Gasteiger charge is -2.34. The number of piperazine rings is 1. The highest BCUT2D eigenvalue weighted by atomic mass is 16.5. The zero-order valence-electron chi connectivity index (χ0n) is 15.9. The first-order chi connectivity index (χ1) is 12.6. The Labute approximate surface area is 155 Å². The number of ether oxygens (including phenoxy) is 1. The van der Waals surface area contributed by atoms with E-state index in [1.54, 1.807) is 7.11 Å². The van der Waals surface area contributed by atoms with Gasteiger partial charge in [-0.1, -0.05) is 30.3 Å². The summed E-state index contributed by atoms with van der Waals surface area (Å²) in [6, 6.07) is 10.2. The molecule has 0 atom stereocenters. The van der Waals surface area contributed by atoms with Crippen molar-refractivity contribution in [2.75, 3.05) is 46.4 Å². The fraction of sp³-hybridized carbons (Fsp3) is 0.500. The SMILES string of the molecule is COCCN1CCN(C(=O)c2c(C)nn(Cc3ccccc3)c2C)CC1. The summed E-state index contributed by atoms with van der Waals surface area (Å²) in [5.74, 6) is 0.103. The number of amides is 1. The molecular formula is C20H28N4O2. The second kappa shape index (κ2) is 8.47. The molecule has 1 amide bonds. The number of hydrogen-bond acceptors (Lipinski definition) is 4. The van der Waals surface area contributed by atoms with Crippen molar-refractivity contribution < 1.29 is 9.53 Å². The van der Waals surface area contributed by atoms with Gasteiger partial charge in [-0.3, -0.25) is 14.4 Å². The van der Waals surface area contributed by atoms with Crippen molar-refractivity contribution in [2.45, 2.75) is 20.4 Å². The van der Waals surface area contributed by atoms with Gasteiger partial charge in [0, 0.05) is 45.5 Å². The summed E-state index contributed by atoms with van der Waals surface area (Å²) >= 11 is 0. The average Bonchev–Trinajstić information content (AvgIpc) is 2.94. The van der Waals surface area contributed by atoms with Crippen molar-refractivity contribution in [3.05, 3.63) is 52.8 Å². The molecular weight excluding hydrogens is 328 g/mol. The zero-order chi connectivity index (χ0) is 18.5. The second-order valence-electron chi connectivity index (χ2n) is 6.82. The number of hydrogen-bond donors (Lipinski definition) is 0. The third-order valence-electron chi connectivity index (χ3n) is 5.04. The predicted octanol–water partition coefficient (Wildman–Crippen LogP) is 1.95. The van der Waals surface area contributed by atoms with Crippen molar-refractivity contribution in [3.63, 3.8) is 0 Å². The van der Waals surface area contributed by atoms with E-state index < -0.39 is 0 Å². The van der Waals surface area contributed by atoms with Crippen molar-refractivity contribution >= 4 is 5.91 Å². The van der Waals surface area contributed by atoms with Crippen molar-refractivity contribution in [1.29, 1.82) is 0 Å². The topological polar surface area (TPSA) is 50.6 Å². The Kier molecular flexibility index (Phi) is 6.06. The molecule has 0 aliphatic carbocycles. The van der Waals surface area contributed by atoms with Gasteiger partial charge >= 0.3 is 0 Å². The number of nitrogens with zero attached hydrogens (tertiary/aromatic N) is 4. The maximum atomic E-state index is 13.1. The number of benzene rings is 1. The molecule has 2 heterocycles. The summed E-state index contributed by atoms with van der Waals surface area (Å²) in [6.45, 7) is 9.56. The van der Waals surface area contributed by atoms with Crippen molar-refractivity contribution in [1.82, 2.24) is 19.6 Å². The molecule has 2 aromatic rings. The summed E-state index contributed by atoms with van der Waals surface area (Å²) in [7, 11) is 1.72. The van der Waals surface area contributed by atoms with Crippen molar-refractivity contribution in [2.24, 2.45) is 0 Å². The van der Waals surface area contributed by atoms with Gasteiger partial charge in [-0.25, -0.2) is 0 Å². The molecule has 0 spiro atoms. The highest BCUT2D eigenvalue weighted by Gasteiger charge is 2.26. The van der Waals surface area contributed by atoms with Crippen LogP contribution in [0.3, 0.4) is 0 Å². The van der Waals surface area contributed by atoms with Gasteiger partial charge in [0.2, 0.25) is 0 Å². The first-order valence-corrected chi connectivity index (χ1v) is 9.18. The lowest BCUT2D eigenvalue weighted by Crippen LogP contribution is -2.49. The Morgan fingerprint density at radius 3 is 2.46 bits per heavy atom. The van der Waals surface area contributed by atoms with E-state index in [2.05, 4.69) is 22.1 Å². The number of methoxy groups -OCH3 is 1. The molecule has 1 aliphatic heterocycles. The Hall–Kier alpha value is -2.18. The molecule has 0 unspecified atom stereocenters. The number of aromatic nitrogens is 2. The van der Waals surface area contributed by atoms with Gasteiger partial charge in [0.1, 0.15) is 0 Å². The van der Waals surface area contributed by atoms with Crippen LogP contribution in [0, 0.1) is 13.8 Å². The van der Waals surface area contributed by atoms with Gasteiger partial charge in [-0.2, -0.15) is 5.10 Å². The van der Waals surface area contributed by atoms with E-state index in [0.29, 0.717) is 6.54 Å². The molecule has 140 valence electrons. The summed E-state index contributed by atoms with van der Waals surface area (Å²) in [6.07, 6.45) is 0. The van der Waals surface area contributed by atoms with Crippen LogP contribution in [0.15, 0.2) is 30.3 Å². The van der Waals surface area contributed by atoms with Crippen LogP contribution in [-0.2, 0) is 11.3 Å². The molecule has 0 bridgehead atoms. The van der Waals surface area contributed by atoms with Crippen molar-refractivity contribution in [3.8, 4) is 0 Å². The summed E-state index contributed by atoms with van der Waals surface area (Å²) < 4.78 is 7.08. The number of rotatable bonds is 6. The largest absolute Gasteiger partial charge is 0.383 e. The Balaban J connectivity index is 1.68. The Morgan fingerprint density at radius 1 is 1.12 bits per heavy atom. The number of aryl methyl sites for hydroxylation is 1. The number of carbonyl (C=O) groups excluding carboxylic acids is 1. The zero-order valence-corrected chi connectivity index (χ0v) is 15.9. The highest BCUT2D eigenvalue weighted by molar-refractivity contribution is 5.96. The summed E-state index contributed by atoms with van der Waals surface area (Å²) in [5, 5.41) is 4.62. The number of carbonyl (C=O) groups is 1. The summed E-state index contributed by atoms with van der Waals surface area (Å²) in [4.78, 5) is 17.3. The van der Waals surface area contributed by atoms with Gasteiger partial charge in [-0.05, 0) is 19.4 Å². The fourth-order valence-electron chi connectivity index (χ4n) is 3.47. The van der Waals surface area contributed by atoms with Gasteiger partial charge in [0.05, 0.1) is 24.4 Å². The molecule has 0 radical (unpaired) electrons. The smallest absolute Gasteiger partial charge is 0.257 e. The van der Waals surface area contributed by atoms with E-state index in [-0.39, 0.29) is 5.91 Å². The van der Waals surface area contributed by atoms with Crippen LogP contribution in [0.2, 0.25) is 0 Å². The van der Waals surface area contributed by atoms with E-state index in [1.807, 2.05) is 41.6 Å². The van der Waals surface area contributed by atoms with Crippen LogP contribution in [0.5, 0.6) is 0 Å². The molecule has 1 aliphatic rings. The molecule has 1 saturated heterocycles. The highest BCUT2D eigenvalue weighted by Crippen LogP contribution is 2.18. The van der Waals surface area contributed by atoms with Crippen LogP contribution in [0.25, 0.3) is 0 Å². The molecule has 0 saturated carbocycles. The standard InChI is InChI=1S/C20H28N4O2/c1-16-19(17(2)24(21-16)15-18-7-5-4-6-8-18)20(25)23-11-9-22(10-12-23)13-14-26-3/h4-8H,9-15H2,1-3H3. The minimum Gasteiger partial charge on any atom is -0.383 e.